The van der Waals surface area contributed by atoms with E-state index in [9.17, 15) is 10.0 Å². The van der Waals surface area contributed by atoms with Crippen LogP contribution in [0.2, 0.25) is 5.02 Å². The van der Waals surface area contributed by atoms with Gasteiger partial charge in [0.2, 0.25) is 0 Å². The molecular weight excluding hydrogens is 384 g/mol. The minimum absolute atomic E-state index is 0.0299. The highest BCUT2D eigenvalue weighted by molar-refractivity contribution is 6.30. The summed E-state index contributed by atoms with van der Waals surface area (Å²) in [5, 5.41) is 16.7. The average Bonchev–Trinajstić information content (AvgIpc) is 2.70. The number of allylic oxidation sites excluding steroid dienone is 2. The summed E-state index contributed by atoms with van der Waals surface area (Å²) in [6.07, 6.45) is 7.62. The summed E-state index contributed by atoms with van der Waals surface area (Å²) in [7, 11) is 0. The zero-order chi connectivity index (χ0) is 20.6. The van der Waals surface area contributed by atoms with Gasteiger partial charge in [-0.3, -0.25) is 0 Å². The Balaban J connectivity index is 1.82. The SMILES string of the molecule is Cc1ccc(N[C@H](c2ccc(Cl)cc2)[C@@H]2C(=O)[N+]([O-])=C[C@@H]3CCC=C[C@@]32C)cc1. The molecule has 0 radical (unpaired) electrons. The summed E-state index contributed by atoms with van der Waals surface area (Å²) in [6, 6.07) is 15.2. The van der Waals surface area contributed by atoms with Gasteiger partial charge in [0.25, 0.3) is 0 Å². The second-order valence-corrected chi connectivity index (χ2v) is 8.72. The van der Waals surface area contributed by atoms with E-state index >= 15 is 0 Å². The maximum atomic E-state index is 13.2. The van der Waals surface area contributed by atoms with Crippen molar-refractivity contribution in [2.75, 3.05) is 5.32 Å². The van der Waals surface area contributed by atoms with E-state index in [1.165, 1.54) is 0 Å². The molecular formula is C24H25ClN2O2. The van der Waals surface area contributed by atoms with Crippen LogP contribution in [0.15, 0.2) is 60.7 Å². The van der Waals surface area contributed by atoms with Crippen LogP contribution in [0.4, 0.5) is 5.69 Å². The number of amides is 1. The van der Waals surface area contributed by atoms with Gasteiger partial charge >= 0.3 is 5.91 Å². The molecule has 2 aromatic carbocycles. The van der Waals surface area contributed by atoms with Crippen LogP contribution in [0.1, 0.15) is 36.9 Å². The maximum absolute atomic E-state index is 13.2. The molecule has 29 heavy (non-hydrogen) atoms. The molecule has 1 aliphatic heterocycles. The Hall–Kier alpha value is -2.59. The minimum Gasteiger partial charge on any atom is -0.616 e. The fraction of sp³-hybridized carbons (Fsp3) is 0.333. The largest absolute Gasteiger partial charge is 0.616 e. The van der Waals surface area contributed by atoms with Crippen molar-refractivity contribution in [3.8, 4) is 0 Å². The van der Waals surface area contributed by atoms with E-state index in [0.717, 1.165) is 29.7 Å². The van der Waals surface area contributed by atoms with Gasteiger partial charge in [-0.1, -0.05) is 60.5 Å². The van der Waals surface area contributed by atoms with Gasteiger partial charge in [0.1, 0.15) is 5.92 Å². The number of hydroxylamine groups is 1. The summed E-state index contributed by atoms with van der Waals surface area (Å²) in [5.41, 5.74) is 2.57. The van der Waals surface area contributed by atoms with Gasteiger partial charge in [-0.25, -0.2) is 4.79 Å². The lowest BCUT2D eigenvalue weighted by Gasteiger charge is -2.45. The number of hydrogen-bond donors (Lipinski definition) is 1. The van der Waals surface area contributed by atoms with Crippen LogP contribution in [-0.2, 0) is 4.79 Å². The highest BCUT2D eigenvalue weighted by Crippen LogP contribution is 2.50. The Kier molecular flexibility index (Phi) is 5.22. The standard InChI is InChI=1S/C24H25ClN2O2/c1-16-6-12-20(13-7-16)26-22(17-8-10-19(25)11-9-17)21-23(28)27(29)15-18-5-3-4-14-24(18,21)2/h4,6-15,18,21-22,26H,3,5H2,1-2H3/t18-,21+,22+,24-/m0/s1. The molecule has 4 rings (SSSR count). The second-order valence-electron chi connectivity index (χ2n) is 8.28. The zero-order valence-corrected chi connectivity index (χ0v) is 17.4. The topological polar surface area (TPSA) is 55.2 Å². The molecule has 4 atom stereocenters. The quantitative estimate of drug-likeness (QED) is 0.412. The van der Waals surface area contributed by atoms with Crippen molar-refractivity contribution in [3.05, 3.63) is 82.0 Å². The van der Waals surface area contributed by atoms with Gasteiger partial charge in [-0.05, 0) is 49.6 Å². The van der Waals surface area contributed by atoms with E-state index in [-0.39, 0.29) is 12.0 Å². The van der Waals surface area contributed by atoms with Gasteiger partial charge < -0.3 is 10.5 Å². The number of nitrogens with zero attached hydrogens (tertiary/aromatic N) is 1. The summed E-state index contributed by atoms with van der Waals surface area (Å²) in [6.45, 7) is 4.13. The molecule has 1 amide bonds. The highest BCUT2D eigenvalue weighted by atomic mass is 35.5. The van der Waals surface area contributed by atoms with E-state index in [2.05, 4.69) is 24.4 Å². The summed E-state index contributed by atoms with van der Waals surface area (Å²) < 4.78 is 0.552. The number of halogens is 1. The fourth-order valence-electron chi connectivity index (χ4n) is 4.62. The van der Waals surface area contributed by atoms with Crippen LogP contribution in [0.3, 0.4) is 0 Å². The predicted molar refractivity (Wildman–Crippen MR) is 117 cm³/mol. The van der Waals surface area contributed by atoms with Crippen LogP contribution >= 0.6 is 11.6 Å². The van der Waals surface area contributed by atoms with E-state index in [4.69, 9.17) is 11.6 Å². The van der Waals surface area contributed by atoms with Crippen molar-refractivity contribution in [3.63, 3.8) is 0 Å². The first-order chi connectivity index (χ1) is 13.9. The monoisotopic (exact) mass is 408 g/mol. The molecule has 1 heterocycles. The number of carbonyl (C=O) groups is 1. The van der Waals surface area contributed by atoms with Gasteiger partial charge in [0.15, 0.2) is 6.21 Å². The van der Waals surface area contributed by atoms with Gasteiger partial charge in [-0.15, -0.1) is 4.74 Å². The number of fused-ring (bicyclic) bond motifs is 1. The third-order valence-corrected chi connectivity index (χ3v) is 6.58. The van der Waals surface area contributed by atoms with E-state index < -0.39 is 17.2 Å². The first kappa shape index (κ1) is 19.7. The van der Waals surface area contributed by atoms with Crippen LogP contribution in [-0.4, -0.2) is 16.9 Å². The molecule has 1 N–H and O–H groups in total. The van der Waals surface area contributed by atoms with Gasteiger partial charge in [0, 0.05) is 22.0 Å². The van der Waals surface area contributed by atoms with E-state index in [1.54, 1.807) is 6.21 Å². The smallest absolute Gasteiger partial charge is 0.404 e. The number of hydrogen-bond acceptors (Lipinski definition) is 3. The average molecular weight is 409 g/mol. The Morgan fingerprint density at radius 3 is 2.55 bits per heavy atom. The first-order valence-corrected chi connectivity index (χ1v) is 10.4. The van der Waals surface area contributed by atoms with Crippen molar-refractivity contribution in [1.82, 2.24) is 0 Å². The van der Waals surface area contributed by atoms with E-state index in [1.807, 2.05) is 55.5 Å². The molecule has 1 aliphatic carbocycles. The normalized spacial score (nSPS) is 27.1. The highest BCUT2D eigenvalue weighted by Gasteiger charge is 2.55. The Morgan fingerprint density at radius 2 is 1.86 bits per heavy atom. The van der Waals surface area contributed by atoms with Gasteiger partial charge in [-0.2, -0.15) is 0 Å². The maximum Gasteiger partial charge on any atom is 0.404 e. The van der Waals surface area contributed by atoms with Crippen molar-refractivity contribution in [2.24, 2.45) is 17.3 Å². The minimum atomic E-state index is -0.533. The fourth-order valence-corrected chi connectivity index (χ4v) is 4.74. The molecule has 4 nitrogen and oxygen atoms in total. The number of nitrogens with one attached hydrogen (secondary N) is 1. The molecule has 0 saturated carbocycles. The summed E-state index contributed by atoms with van der Waals surface area (Å²) in [5.74, 6) is -0.911. The lowest BCUT2D eigenvalue weighted by Crippen LogP contribution is -2.52. The molecule has 2 aromatic rings. The summed E-state index contributed by atoms with van der Waals surface area (Å²) >= 11 is 6.11. The Morgan fingerprint density at radius 1 is 1.17 bits per heavy atom. The van der Waals surface area contributed by atoms with Crippen LogP contribution in [0, 0.1) is 29.4 Å². The Labute approximate surface area is 176 Å². The number of carbonyl (C=O) groups excluding carboxylic acids is 1. The second kappa shape index (κ2) is 7.68. The lowest BCUT2D eigenvalue weighted by atomic mass is 9.60. The van der Waals surface area contributed by atoms with Crippen molar-refractivity contribution in [1.29, 1.82) is 0 Å². The molecule has 0 bridgehead atoms. The van der Waals surface area contributed by atoms with E-state index in [0.29, 0.717) is 9.76 Å². The number of benzene rings is 2. The number of aryl methyl sites for hydroxylation is 1. The van der Waals surface area contributed by atoms with Crippen LogP contribution < -0.4 is 5.32 Å². The molecule has 0 spiro atoms. The van der Waals surface area contributed by atoms with Crippen molar-refractivity contribution >= 4 is 29.4 Å². The zero-order valence-electron chi connectivity index (χ0n) is 16.6. The molecule has 0 unspecified atom stereocenters. The lowest BCUT2D eigenvalue weighted by molar-refractivity contribution is -0.395. The number of anilines is 1. The Bertz CT molecular complexity index is 965. The third-order valence-electron chi connectivity index (χ3n) is 6.33. The molecule has 150 valence electrons. The molecule has 5 heteroatoms. The predicted octanol–water partition coefficient (Wildman–Crippen LogP) is 5.51. The van der Waals surface area contributed by atoms with Crippen LogP contribution in [0.5, 0.6) is 0 Å². The number of rotatable bonds is 4. The van der Waals surface area contributed by atoms with Crippen LogP contribution in [0.25, 0.3) is 0 Å². The molecule has 0 saturated heterocycles. The molecule has 2 aliphatic rings. The van der Waals surface area contributed by atoms with Gasteiger partial charge in [0.05, 0.1) is 6.04 Å². The van der Waals surface area contributed by atoms with Crippen molar-refractivity contribution < 1.29 is 9.53 Å². The summed E-state index contributed by atoms with van der Waals surface area (Å²) in [4.78, 5) is 13.2. The molecule has 0 fully saturated rings. The van der Waals surface area contributed by atoms with Crippen molar-refractivity contribution in [2.45, 2.75) is 32.7 Å². The first-order valence-electron chi connectivity index (χ1n) is 10.00. The molecule has 0 aromatic heterocycles. The third kappa shape index (κ3) is 3.69.